The molecule has 0 unspecified atom stereocenters. The highest BCUT2D eigenvalue weighted by Gasteiger charge is 2.39. The van der Waals surface area contributed by atoms with E-state index >= 15 is 0 Å². The molecule has 1 aromatic heterocycles. The topological polar surface area (TPSA) is 34.4 Å². The number of rotatable bonds is 0. The summed E-state index contributed by atoms with van der Waals surface area (Å²) < 4.78 is 11.0. The first-order valence-electron chi connectivity index (χ1n) is 4.87. The maximum absolute atomic E-state index is 5.96. The minimum atomic E-state index is 0.0663. The van der Waals surface area contributed by atoms with Crippen molar-refractivity contribution in [2.24, 2.45) is 0 Å². The first-order valence-corrected chi connectivity index (χ1v) is 4.87. The van der Waals surface area contributed by atoms with Gasteiger partial charge in [0.15, 0.2) is 5.75 Å². The van der Waals surface area contributed by atoms with Crippen molar-refractivity contribution in [2.45, 2.75) is 31.3 Å². The van der Waals surface area contributed by atoms with E-state index in [0.29, 0.717) is 0 Å². The molecule has 1 aromatic rings. The Labute approximate surface area is 77.1 Å². The molecule has 0 saturated heterocycles. The van der Waals surface area contributed by atoms with Crippen LogP contribution in [-0.2, 0) is 0 Å². The van der Waals surface area contributed by atoms with Crippen LogP contribution in [0.1, 0.15) is 25.7 Å². The minimum Gasteiger partial charge on any atom is -0.480 e. The third kappa shape index (κ3) is 1.03. The molecule has 1 spiro atoms. The zero-order valence-electron chi connectivity index (χ0n) is 7.51. The monoisotopic (exact) mass is 179 g/mol. The average molecular weight is 179 g/mol. The van der Waals surface area contributed by atoms with E-state index in [2.05, 4.69) is 5.32 Å². The van der Waals surface area contributed by atoms with Crippen molar-refractivity contribution in [3.8, 4) is 5.75 Å². The Kier molecular flexibility index (Phi) is 1.37. The maximum Gasteiger partial charge on any atom is 0.181 e. The van der Waals surface area contributed by atoms with Crippen molar-refractivity contribution in [3.63, 3.8) is 0 Å². The summed E-state index contributed by atoms with van der Waals surface area (Å²) in [7, 11) is 0. The van der Waals surface area contributed by atoms with E-state index in [9.17, 15) is 0 Å². The van der Waals surface area contributed by atoms with Crippen molar-refractivity contribution < 1.29 is 9.15 Å². The molecule has 3 heteroatoms. The molecular weight excluding hydrogens is 166 g/mol. The smallest absolute Gasteiger partial charge is 0.181 e. The summed E-state index contributed by atoms with van der Waals surface area (Å²) in [5, 5.41) is 3.36. The molecule has 3 rings (SSSR count). The van der Waals surface area contributed by atoms with Gasteiger partial charge in [0.25, 0.3) is 0 Å². The number of nitrogens with one attached hydrogen (secondary N) is 1. The van der Waals surface area contributed by atoms with Crippen molar-refractivity contribution in [2.75, 3.05) is 11.9 Å². The van der Waals surface area contributed by atoms with Gasteiger partial charge in [0, 0.05) is 0 Å². The summed E-state index contributed by atoms with van der Waals surface area (Å²) in [6.45, 7) is 0.930. The summed E-state index contributed by atoms with van der Waals surface area (Å²) in [6, 6.07) is 0. The van der Waals surface area contributed by atoms with Gasteiger partial charge in [0.1, 0.15) is 23.8 Å². The molecule has 0 radical (unpaired) electrons. The Morgan fingerprint density at radius 3 is 2.92 bits per heavy atom. The summed E-state index contributed by atoms with van der Waals surface area (Å²) in [5.74, 6) is 0.883. The molecule has 1 aliphatic carbocycles. The van der Waals surface area contributed by atoms with E-state index < -0.39 is 0 Å². The normalized spacial score (nSPS) is 23.7. The quantitative estimate of drug-likeness (QED) is 0.664. The molecule has 0 aromatic carbocycles. The van der Waals surface area contributed by atoms with Crippen LogP contribution in [0.5, 0.6) is 5.75 Å². The summed E-state index contributed by atoms with van der Waals surface area (Å²) in [4.78, 5) is 0. The van der Waals surface area contributed by atoms with Crippen LogP contribution in [0, 0.1) is 0 Å². The largest absolute Gasteiger partial charge is 0.480 e. The number of hydrogen-bond donors (Lipinski definition) is 1. The van der Waals surface area contributed by atoms with E-state index in [-0.39, 0.29) is 5.60 Å². The molecule has 1 N–H and O–H groups in total. The molecule has 70 valence electrons. The van der Waals surface area contributed by atoms with Gasteiger partial charge in [-0.3, -0.25) is 0 Å². The molecule has 1 saturated carbocycles. The zero-order chi connectivity index (χ0) is 8.73. The number of hydrogen-bond acceptors (Lipinski definition) is 3. The van der Waals surface area contributed by atoms with Crippen LogP contribution >= 0.6 is 0 Å². The fraction of sp³-hybridized carbons (Fsp3) is 0.600. The van der Waals surface area contributed by atoms with Crippen molar-refractivity contribution in [1.29, 1.82) is 0 Å². The second kappa shape index (κ2) is 2.44. The van der Waals surface area contributed by atoms with E-state index in [1.807, 2.05) is 0 Å². The van der Waals surface area contributed by atoms with E-state index in [1.54, 1.807) is 12.5 Å². The first kappa shape index (κ1) is 7.30. The Morgan fingerprint density at radius 2 is 2.08 bits per heavy atom. The van der Waals surface area contributed by atoms with Crippen molar-refractivity contribution >= 4 is 5.69 Å². The summed E-state index contributed by atoms with van der Waals surface area (Å²) in [6.07, 6.45) is 8.30. The number of furan rings is 1. The van der Waals surface area contributed by atoms with Gasteiger partial charge in [0.05, 0.1) is 6.54 Å². The van der Waals surface area contributed by atoms with Gasteiger partial charge in [-0.05, 0) is 25.7 Å². The van der Waals surface area contributed by atoms with E-state index in [4.69, 9.17) is 9.15 Å². The lowest BCUT2D eigenvalue weighted by Crippen LogP contribution is -2.42. The van der Waals surface area contributed by atoms with Crippen LogP contribution in [0.3, 0.4) is 0 Å². The molecule has 2 heterocycles. The highest BCUT2D eigenvalue weighted by molar-refractivity contribution is 5.55. The van der Waals surface area contributed by atoms with Crippen LogP contribution in [0.25, 0.3) is 0 Å². The molecule has 13 heavy (non-hydrogen) atoms. The molecule has 3 nitrogen and oxygen atoms in total. The van der Waals surface area contributed by atoms with Crippen LogP contribution in [-0.4, -0.2) is 12.1 Å². The number of fused-ring (bicyclic) bond motifs is 1. The van der Waals surface area contributed by atoms with Crippen LogP contribution < -0.4 is 10.1 Å². The lowest BCUT2D eigenvalue weighted by Gasteiger charge is -2.34. The van der Waals surface area contributed by atoms with Crippen molar-refractivity contribution in [3.05, 3.63) is 12.5 Å². The van der Waals surface area contributed by atoms with Crippen LogP contribution in [0.2, 0.25) is 0 Å². The lowest BCUT2D eigenvalue weighted by molar-refractivity contribution is 0.0825. The standard InChI is InChI=1S/C10H13NO2/c1-2-4-10(3-1)7-11-8-5-12-6-9(8)13-10/h5-6,11H,1-4,7H2. The number of anilines is 1. The summed E-state index contributed by atoms with van der Waals surface area (Å²) in [5.41, 5.74) is 1.06. The average Bonchev–Trinajstić information content (AvgIpc) is 2.74. The molecule has 1 fully saturated rings. The second-order valence-electron chi connectivity index (χ2n) is 4.00. The Balaban J connectivity index is 1.91. The highest BCUT2D eigenvalue weighted by atomic mass is 16.5. The fourth-order valence-corrected chi connectivity index (χ4v) is 2.32. The molecule has 0 atom stereocenters. The van der Waals surface area contributed by atoms with Crippen LogP contribution in [0.4, 0.5) is 5.69 Å². The molecule has 2 aliphatic rings. The first-order chi connectivity index (χ1) is 6.38. The molecule has 1 aliphatic heterocycles. The maximum atomic E-state index is 5.96. The lowest BCUT2D eigenvalue weighted by atomic mass is 10.0. The summed E-state index contributed by atoms with van der Waals surface area (Å²) >= 11 is 0. The van der Waals surface area contributed by atoms with Gasteiger partial charge in [-0.2, -0.15) is 0 Å². The third-order valence-corrected chi connectivity index (χ3v) is 3.07. The van der Waals surface area contributed by atoms with Gasteiger partial charge in [-0.25, -0.2) is 0 Å². The fourth-order valence-electron chi connectivity index (χ4n) is 2.32. The zero-order valence-corrected chi connectivity index (χ0v) is 7.51. The molecular formula is C10H13NO2. The molecule has 0 bridgehead atoms. The van der Waals surface area contributed by atoms with E-state index in [0.717, 1.165) is 18.0 Å². The minimum absolute atomic E-state index is 0.0663. The third-order valence-electron chi connectivity index (χ3n) is 3.07. The Morgan fingerprint density at radius 1 is 1.23 bits per heavy atom. The van der Waals surface area contributed by atoms with Crippen molar-refractivity contribution in [1.82, 2.24) is 0 Å². The van der Waals surface area contributed by atoms with Gasteiger partial charge in [-0.1, -0.05) is 0 Å². The molecule has 0 amide bonds. The van der Waals surface area contributed by atoms with Gasteiger partial charge in [0.2, 0.25) is 0 Å². The predicted molar refractivity (Wildman–Crippen MR) is 49.0 cm³/mol. The SMILES string of the molecule is c1occ2c1NCC1(CCCC1)O2. The van der Waals surface area contributed by atoms with Gasteiger partial charge in [-0.15, -0.1) is 0 Å². The number of ether oxygens (including phenoxy) is 1. The van der Waals surface area contributed by atoms with Crippen LogP contribution in [0.15, 0.2) is 16.9 Å². The highest BCUT2D eigenvalue weighted by Crippen LogP contribution is 2.41. The Hall–Kier alpha value is -1.12. The predicted octanol–water partition coefficient (Wildman–Crippen LogP) is 2.40. The van der Waals surface area contributed by atoms with Gasteiger partial charge < -0.3 is 14.5 Å². The second-order valence-corrected chi connectivity index (χ2v) is 4.00. The van der Waals surface area contributed by atoms with E-state index in [1.165, 1.54) is 25.7 Å². The van der Waals surface area contributed by atoms with Gasteiger partial charge >= 0.3 is 0 Å². The Bertz CT molecular complexity index is 312.